The number of halogens is 2. The first-order chi connectivity index (χ1) is 12.0. The highest BCUT2D eigenvalue weighted by Gasteiger charge is 2.07. The van der Waals surface area contributed by atoms with Crippen molar-refractivity contribution in [2.24, 2.45) is 0 Å². The summed E-state index contributed by atoms with van der Waals surface area (Å²) < 4.78 is 34.3. The highest BCUT2D eigenvalue weighted by atomic mass is 19.3. The van der Waals surface area contributed by atoms with Crippen molar-refractivity contribution in [3.8, 4) is 11.5 Å². The van der Waals surface area contributed by atoms with Gasteiger partial charge in [0.1, 0.15) is 18.1 Å². The monoisotopic (exact) mass is 350 g/mol. The van der Waals surface area contributed by atoms with Crippen LogP contribution in [0, 0.1) is 13.8 Å². The van der Waals surface area contributed by atoms with Gasteiger partial charge >= 0.3 is 12.6 Å². The molecule has 2 rings (SSSR count). The van der Waals surface area contributed by atoms with Crippen LogP contribution in [0.15, 0.2) is 42.5 Å². The molecule has 2 aromatic rings. The van der Waals surface area contributed by atoms with Crippen LogP contribution in [-0.2, 0) is 0 Å². The Balaban J connectivity index is 1.77. The van der Waals surface area contributed by atoms with Crippen molar-refractivity contribution in [2.75, 3.05) is 18.5 Å². The Bertz CT molecular complexity index is 703. The molecule has 0 saturated carbocycles. The zero-order chi connectivity index (χ0) is 18.2. The number of ether oxygens (including phenoxy) is 2. The van der Waals surface area contributed by atoms with Crippen molar-refractivity contribution < 1.29 is 23.0 Å². The molecule has 0 aliphatic rings. The summed E-state index contributed by atoms with van der Waals surface area (Å²) in [6, 6.07) is 11.2. The second kappa shape index (κ2) is 8.86. The van der Waals surface area contributed by atoms with Gasteiger partial charge in [0.25, 0.3) is 0 Å². The van der Waals surface area contributed by atoms with E-state index in [1.165, 1.54) is 18.2 Å². The predicted octanol–water partition coefficient (Wildman–Crippen LogP) is 4.11. The van der Waals surface area contributed by atoms with Crippen LogP contribution in [0.1, 0.15) is 11.1 Å². The predicted molar refractivity (Wildman–Crippen MR) is 91.5 cm³/mol. The minimum absolute atomic E-state index is 0.0221. The summed E-state index contributed by atoms with van der Waals surface area (Å²) in [5, 5.41) is 5.18. The Labute approximate surface area is 144 Å². The maximum atomic E-state index is 12.2. The summed E-state index contributed by atoms with van der Waals surface area (Å²) in [6.45, 7) is 1.61. The van der Waals surface area contributed by atoms with Gasteiger partial charge in [0.05, 0.1) is 6.54 Å². The van der Waals surface area contributed by atoms with Crippen LogP contribution in [0.3, 0.4) is 0 Å². The van der Waals surface area contributed by atoms with Gasteiger partial charge in [-0.1, -0.05) is 24.3 Å². The van der Waals surface area contributed by atoms with Gasteiger partial charge in [0.15, 0.2) is 0 Å². The van der Waals surface area contributed by atoms with Crippen LogP contribution >= 0.6 is 0 Å². The van der Waals surface area contributed by atoms with E-state index >= 15 is 0 Å². The number of carbonyl (C=O) groups is 1. The third kappa shape index (κ3) is 5.95. The molecule has 0 aliphatic heterocycles. The fraction of sp³-hybridized carbons (Fsp3) is 0.278. The van der Waals surface area contributed by atoms with Crippen molar-refractivity contribution >= 4 is 11.7 Å². The third-order valence-corrected chi connectivity index (χ3v) is 3.36. The van der Waals surface area contributed by atoms with Gasteiger partial charge in [0.2, 0.25) is 0 Å². The van der Waals surface area contributed by atoms with Gasteiger partial charge < -0.3 is 20.1 Å². The SMILES string of the molecule is Cc1cccc(C)c1OCCNC(=O)Nc1cccc(OC(F)F)c1. The highest BCUT2D eigenvalue weighted by Crippen LogP contribution is 2.22. The van der Waals surface area contributed by atoms with Crippen LogP contribution in [0.2, 0.25) is 0 Å². The minimum atomic E-state index is -2.91. The number of aryl methyl sites for hydroxylation is 2. The summed E-state index contributed by atoms with van der Waals surface area (Å²) in [6.07, 6.45) is 0. The summed E-state index contributed by atoms with van der Waals surface area (Å²) >= 11 is 0. The average Bonchev–Trinajstić information content (AvgIpc) is 2.53. The Morgan fingerprint density at radius 1 is 1.12 bits per heavy atom. The van der Waals surface area contributed by atoms with E-state index in [1.807, 2.05) is 32.0 Å². The van der Waals surface area contributed by atoms with Crippen molar-refractivity contribution in [2.45, 2.75) is 20.5 Å². The fourth-order valence-corrected chi connectivity index (χ4v) is 2.27. The van der Waals surface area contributed by atoms with Gasteiger partial charge in [-0.3, -0.25) is 0 Å². The lowest BCUT2D eigenvalue weighted by molar-refractivity contribution is -0.0497. The number of hydrogen-bond acceptors (Lipinski definition) is 3. The van der Waals surface area contributed by atoms with Gasteiger partial charge in [-0.2, -0.15) is 8.78 Å². The van der Waals surface area contributed by atoms with Crippen LogP contribution in [0.4, 0.5) is 19.3 Å². The lowest BCUT2D eigenvalue weighted by Crippen LogP contribution is -2.32. The van der Waals surface area contributed by atoms with Gasteiger partial charge in [0, 0.05) is 11.8 Å². The molecule has 0 radical (unpaired) electrons. The number of urea groups is 1. The zero-order valence-electron chi connectivity index (χ0n) is 14.0. The van der Waals surface area contributed by atoms with E-state index < -0.39 is 12.6 Å². The minimum Gasteiger partial charge on any atom is -0.491 e. The fourth-order valence-electron chi connectivity index (χ4n) is 2.27. The molecule has 0 bridgehead atoms. The second-order valence-corrected chi connectivity index (χ2v) is 5.36. The topological polar surface area (TPSA) is 59.6 Å². The number of amides is 2. The lowest BCUT2D eigenvalue weighted by Gasteiger charge is -2.13. The van der Waals surface area contributed by atoms with E-state index in [-0.39, 0.29) is 5.75 Å². The summed E-state index contributed by atoms with van der Waals surface area (Å²) in [5.74, 6) is 0.785. The molecular formula is C18H20F2N2O3. The molecule has 0 saturated heterocycles. The molecule has 134 valence electrons. The number of hydrogen-bond donors (Lipinski definition) is 2. The normalized spacial score (nSPS) is 10.4. The molecule has 7 heteroatoms. The smallest absolute Gasteiger partial charge is 0.387 e. The Hall–Kier alpha value is -2.83. The number of rotatable bonds is 7. The van der Waals surface area contributed by atoms with Crippen LogP contribution in [-0.4, -0.2) is 25.8 Å². The van der Waals surface area contributed by atoms with Crippen molar-refractivity contribution in [1.29, 1.82) is 0 Å². The molecule has 2 amide bonds. The maximum Gasteiger partial charge on any atom is 0.387 e. The molecule has 0 aliphatic carbocycles. The van der Waals surface area contributed by atoms with Crippen LogP contribution in [0.25, 0.3) is 0 Å². The van der Waals surface area contributed by atoms with E-state index in [1.54, 1.807) is 6.07 Å². The number of para-hydroxylation sites is 1. The summed E-state index contributed by atoms with van der Waals surface area (Å²) in [7, 11) is 0. The Morgan fingerprint density at radius 3 is 2.48 bits per heavy atom. The average molecular weight is 350 g/mol. The largest absolute Gasteiger partial charge is 0.491 e. The summed E-state index contributed by atoms with van der Waals surface area (Å²) in [5.41, 5.74) is 2.41. The first-order valence-electron chi connectivity index (χ1n) is 7.74. The first-order valence-corrected chi connectivity index (χ1v) is 7.74. The lowest BCUT2D eigenvalue weighted by atomic mass is 10.1. The van der Waals surface area contributed by atoms with E-state index in [4.69, 9.17) is 4.74 Å². The third-order valence-electron chi connectivity index (χ3n) is 3.36. The Morgan fingerprint density at radius 2 is 1.80 bits per heavy atom. The molecular weight excluding hydrogens is 330 g/mol. The number of alkyl halides is 2. The van der Waals surface area contributed by atoms with Gasteiger partial charge in [-0.05, 0) is 37.1 Å². The molecule has 0 spiro atoms. The number of carbonyl (C=O) groups excluding carboxylic acids is 1. The van der Waals surface area contributed by atoms with E-state index in [9.17, 15) is 13.6 Å². The molecule has 0 fully saturated rings. The van der Waals surface area contributed by atoms with Crippen LogP contribution in [0.5, 0.6) is 11.5 Å². The van der Waals surface area contributed by atoms with Gasteiger partial charge in [-0.25, -0.2) is 4.79 Å². The van der Waals surface area contributed by atoms with E-state index in [0.717, 1.165) is 16.9 Å². The zero-order valence-corrected chi connectivity index (χ0v) is 14.0. The second-order valence-electron chi connectivity index (χ2n) is 5.36. The number of benzene rings is 2. The molecule has 0 heterocycles. The number of nitrogens with one attached hydrogen (secondary N) is 2. The molecule has 0 atom stereocenters. The highest BCUT2D eigenvalue weighted by molar-refractivity contribution is 5.89. The maximum absolute atomic E-state index is 12.2. The van der Waals surface area contributed by atoms with Crippen LogP contribution < -0.4 is 20.1 Å². The molecule has 0 unspecified atom stereocenters. The Kier molecular flexibility index (Phi) is 6.56. The van der Waals surface area contributed by atoms with Crippen molar-refractivity contribution in [1.82, 2.24) is 5.32 Å². The molecule has 25 heavy (non-hydrogen) atoms. The van der Waals surface area contributed by atoms with E-state index in [0.29, 0.717) is 18.8 Å². The molecule has 2 aromatic carbocycles. The van der Waals surface area contributed by atoms with Gasteiger partial charge in [-0.15, -0.1) is 0 Å². The number of anilines is 1. The molecule has 5 nitrogen and oxygen atoms in total. The quantitative estimate of drug-likeness (QED) is 0.739. The summed E-state index contributed by atoms with van der Waals surface area (Å²) in [4.78, 5) is 11.8. The molecule has 2 N–H and O–H groups in total. The van der Waals surface area contributed by atoms with Crippen molar-refractivity contribution in [3.05, 3.63) is 53.6 Å². The van der Waals surface area contributed by atoms with Crippen molar-refractivity contribution in [3.63, 3.8) is 0 Å². The standard InChI is InChI=1S/C18H20F2N2O3/c1-12-5-3-6-13(2)16(12)24-10-9-21-18(23)22-14-7-4-8-15(11-14)25-17(19)20/h3-8,11,17H,9-10H2,1-2H3,(H2,21,22,23). The first kappa shape index (κ1) is 18.5. The van der Waals surface area contributed by atoms with E-state index in [2.05, 4.69) is 15.4 Å². The molecule has 0 aromatic heterocycles.